The Bertz CT molecular complexity index is 494. The van der Waals surface area contributed by atoms with Crippen LogP contribution in [0.25, 0.3) is 0 Å². The van der Waals surface area contributed by atoms with Gasteiger partial charge in [-0.2, -0.15) is 0 Å². The van der Waals surface area contributed by atoms with Crippen molar-refractivity contribution < 1.29 is 9.47 Å². The molecule has 84 valence electrons. The maximum absolute atomic E-state index is 5.65. The summed E-state index contributed by atoms with van der Waals surface area (Å²) in [5, 5.41) is 0. The highest BCUT2D eigenvalue weighted by atomic mass is 16.5. The number of hydrogen-bond donors (Lipinski definition) is 1. The highest BCUT2D eigenvalue weighted by molar-refractivity contribution is 5.36. The number of benzene rings is 1. The summed E-state index contributed by atoms with van der Waals surface area (Å²) < 4.78 is 12.3. The largest absolute Gasteiger partial charge is 0.497 e. The molecule has 2 rings (SSSR count). The number of aromatic nitrogens is 2. The summed E-state index contributed by atoms with van der Waals surface area (Å²) in [6.07, 6.45) is 1.55. The molecule has 0 amide bonds. The van der Waals surface area contributed by atoms with E-state index in [2.05, 4.69) is 4.98 Å². The van der Waals surface area contributed by atoms with E-state index in [0.29, 0.717) is 17.6 Å². The Balaban J connectivity index is 2.23. The minimum Gasteiger partial charge on any atom is -0.497 e. The zero-order valence-corrected chi connectivity index (χ0v) is 9.18. The first-order valence-corrected chi connectivity index (χ1v) is 4.80. The quantitative estimate of drug-likeness (QED) is 0.855. The minimum atomic E-state index is 0.450. The average molecular weight is 219 g/mol. The Hall–Kier alpha value is -2.17. The molecule has 0 atom stereocenters. The number of ether oxygens (including phenoxy) is 2. The maximum Gasteiger partial charge on any atom is 0.303 e. The molecule has 0 saturated carbocycles. The third-order valence-electron chi connectivity index (χ3n) is 2.23. The lowest BCUT2D eigenvalue weighted by Gasteiger charge is -2.06. The zero-order chi connectivity index (χ0) is 11.5. The van der Waals surface area contributed by atoms with Crippen molar-refractivity contribution in [3.05, 3.63) is 30.5 Å². The van der Waals surface area contributed by atoms with Gasteiger partial charge in [-0.1, -0.05) is 6.07 Å². The van der Waals surface area contributed by atoms with E-state index in [1.54, 1.807) is 31.0 Å². The predicted octanol–water partition coefficient (Wildman–Crippen LogP) is 1.80. The highest BCUT2D eigenvalue weighted by Crippen LogP contribution is 2.24. The summed E-state index contributed by atoms with van der Waals surface area (Å²) in [7, 11) is 3.40. The van der Waals surface area contributed by atoms with Crippen LogP contribution >= 0.6 is 0 Å². The standard InChI is InChI=1S/C11H13N3O2/c1-14-10(12)7-13-11(14)16-9-5-3-4-8(6-9)15-2/h3-7H,12H2,1-2H3. The summed E-state index contributed by atoms with van der Waals surface area (Å²) in [5.41, 5.74) is 5.65. The second-order valence-electron chi connectivity index (χ2n) is 3.31. The third-order valence-corrected chi connectivity index (χ3v) is 2.23. The number of hydrogen-bond acceptors (Lipinski definition) is 4. The molecule has 0 spiro atoms. The van der Waals surface area contributed by atoms with E-state index in [1.807, 2.05) is 18.2 Å². The van der Waals surface area contributed by atoms with Crippen molar-refractivity contribution in [1.29, 1.82) is 0 Å². The number of nitrogens with zero attached hydrogens (tertiary/aromatic N) is 2. The second-order valence-corrected chi connectivity index (χ2v) is 3.31. The summed E-state index contributed by atoms with van der Waals surface area (Å²) >= 11 is 0. The van der Waals surface area contributed by atoms with Crippen LogP contribution in [0.2, 0.25) is 0 Å². The molecule has 1 aromatic carbocycles. The normalized spacial score (nSPS) is 10.1. The first-order chi connectivity index (χ1) is 7.70. The van der Waals surface area contributed by atoms with Crippen LogP contribution in [0.15, 0.2) is 30.5 Å². The molecule has 5 heteroatoms. The number of nitrogens with two attached hydrogens (primary N) is 1. The van der Waals surface area contributed by atoms with Crippen molar-refractivity contribution in [2.45, 2.75) is 0 Å². The molecule has 2 N–H and O–H groups in total. The molecule has 0 aliphatic rings. The number of rotatable bonds is 3. The third kappa shape index (κ3) is 1.93. The first kappa shape index (κ1) is 10.4. The van der Waals surface area contributed by atoms with Gasteiger partial charge < -0.3 is 15.2 Å². The van der Waals surface area contributed by atoms with Crippen LogP contribution in [-0.2, 0) is 7.05 Å². The van der Waals surface area contributed by atoms with Crippen LogP contribution < -0.4 is 15.2 Å². The molecule has 0 unspecified atom stereocenters. The molecule has 0 aliphatic heterocycles. The van der Waals surface area contributed by atoms with Gasteiger partial charge in [0.05, 0.1) is 13.3 Å². The lowest BCUT2D eigenvalue weighted by molar-refractivity contribution is 0.400. The number of nitrogen functional groups attached to an aromatic ring is 1. The van der Waals surface area contributed by atoms with Gasteiger partial charge in [-0.3, -0.25) is 4.57 Å². The van der Waals surface area contributed by atoms with E-state index in [9.17, 15) is 0 Å². The Morgan fingerprint density at radius 3 is 2.69 bits per heavy atom. The van der Waals surface area contributed by atoms with Gasteiger partial charge in [-0.05, 0) is 12.1 Å². The lowest BCUT2D eigenvalue weighted by Crippen LogP contribution is -1.98. The zero-order valence-electron chi connectivity index (χ0n) is 9.18. The fourth-order valence-electron chi connectivity index (χ4n) is 1.27. The molecule has 5 nitrogen and oxygen atoms in total. The highest BCUT2D eigenvalue weighted by Gasteiger charge is 2.06. The summed E-state index contributed by atoms with van der Waals surface area (Å²) in [6, 6.07) is 7.75. The van der Waals surface area contributed by atoms with Crippen LogP contribution in [0.5, 0.6) is 17.5 Å². The van der Waals surface area contributed by atoms with Crippen LogP contribution in [0.3, 0.4) is 0 Å². The van der Waals surface area contributed by atoms with Crippen molar-refractivity contribution in [2.75, 3.05) is 12.8 Å². The number of imidazole rings is 1. The second kappa shape index (κ2) is 4.14. The van der Waals surface area contributed by atoms with Crippen LogP contribution in [-0.4, -0.2) is 16.7 Å². The molecule has 0 aliphatic carbocycles. The van der Waals surface area contributed by atoms with Gasteiger partial charge in [0, 0.05) is 13.1 Å². The van der Waals surface area contributed by atoms with E-state index >= 15 is 0 Å². The number of anilines is 1. The smallest absolute Gasteiger partial charge is 0.303 e. The molecular formula is C11H13N3O2. The van der Waals surface area contributed by atoms with E-state index in [0.717, 1.165) is 5.75 Å². The molecular weight excluding hydrogens is 206 g/mol. The fourth-order valence-corrected chi connectivity index (χ4v) is 1.27. The molecule has 1 aromatic heterocycles. The Morgan fingerprint density at radius 2 is 2.06 bits per heavy atom. The summed E-state index contributed by atoms with van der Waals surface area (Å²) in [5.74, 6) is 1.95. The number of methoxy groups -OCH3 is 1. The van der Waals surface area contributed by atoms with Gasteiger partial charge in [-0.25, -0.2) is 4.98 Å². The molecule has 0 saturated heterocycles. The van der Waals surface area contributed by atoms with Gasteiger partial charge in [0.1, 0.15) is 17.3 Å². The van der Waals surface area contributed by atoms with E-state index in [1.165, 1.54) is 0 Å². The molecule has 0 bridgehead atoms. The first-order valence-electron chi connectivity index (χ1n) is 4.80. The van der Waals surface area contributed by atoms with Crippen LogP contribution in [0, 0.1) is 0 Å². The van der Waals surface area contributed by atoms with Gasteiger partial charge in [0.2, 0.25) is 0 Å². The monoisotopic (exact) mass is 219 g/mol. The minimum absolute atomic E-state index is 0.450. The van der Waals surface area contributed by atoms with Gasteiger partial charge in [-0.15, -0.1) is 0 Å². The Morgan fingerprint density at radius 1 is 1.31 bits per heavy atom. The topological polar surface area (TPSA) is 62.3 Å². The van der Waals surface area contributed by atoms with Gasteiger partial charge in [0.25, 0.3) is 0 Å². The van der Waals surface area contributed by atoms with Crippen molar-refractivity contribution in [1.82, 2.24) is 9.55 Å². The average Bonchev–Trinajstić information content (AvgIpc) is 2.61. The molecule has 0 radical (unpaired) electrons. The predicted molar refractivity (Wildman–Crippen MR) is 60.7 cm³/mol. The van der Waals surface area contributed by atoms with Crippen molar-refractivity contribution in [2.24, 2.45) is 7.05 Å². The van der Waals surface area contributed by atoms with Crippen molar-refractivity contribution in [3.63, 3.8) is 0 Å². The lowest BCUT2D eigenvalue weighted by atomic mass is 10.3. The summed E-state index contributed by atoms with van der Waals surface area (Å²) in [6.45, 7) is 0. The molecule has 2 aromatic rings. The summed E-state index contributed by atoms with van der Waals surface area (Å²) in [4.78, 5) is 4.04. The Kier molecular flexibility index (Phi) is 2.68. The van der Waals surface area contributed by atoms with Crippen molar-refractivity contribution in [3.8, 4) is 17.5 Å². The van der Waals surface area contributed by atoms with Gasteiger partial charge in [0.15, 0.2) is 0 Å². The van der Waals surface area contributed by atoms with Crippen LogP contribution in [0.1, 0.15) is 0 Å². The van der Waals surface area contributed by atoms with E-state index < -0.39 is 0 Å². The van der Waals surface area contributed by atoms with Crippen molar-refractivity contribution >= 4 is 5.82 Å². The van der Waals surface area contributed by atoms with E-state index in [4.69, 9.17) is 15.2 Å². The SMILES string of the molecule is COc1cccc(Oc2ncc(N)n2C)c1. The van der Waals surface area contributed by atoms with Gasteiger partial charge >= 0.3 is 6.01 Å². The van der Waals surface area contributed by atoms with E-state index in [-0.39, 0.29) is 0 Å². The maximum atomic E-state index is 5.65. The fraction of sp³-hybridized carbons (Fsp3) is 0.182. The van der Waals surface area contributed by atoms with Crippen LogP contribution in [0.4, 0.5) is 5.82 Å². The molecule has 1 heterocycles. The molecule has 0 fully saturated rings. The Labute approximate surface area is 93.4 Å². The molecule has 16 heavy (non-hydrogen) atoms.